The van der Waals surface area contributed by atoms with E-state index in [1.54, 1.807) is 17.8 Å². The van der Waals surface area contributed by atoms with Crippen molar-refractivity contribution in [1.29, 1.82) is 0 Å². The van der Waals surface area contributed by atoms with E-state index in [2.05, 4.69) is 41.8 Å². The van der Waals surface area contributed by atoms with Crippen LogP contribution in [-0.2, 0) is 0 Å². The van der Waals surface area contributed by atoms with Crippen LogP contribution >= 0.6 is 27.7 Å². The van der Waals surface area contributed by atoms with Crippen molar-refractivity contribution in [3.05, 3.63) is 34.2 Å². The van der Waals surface area contributed by atoms with Crippen molar-refractivity contribution >= 4 is 27.7 Å². The summed E-state index contributed by atoms with van der Waals surface area (Å²) in [6.45, 7) is 5.79. The van der Waals surface area contributed by atoms with Crippen LogP contribution in [0.2, 0.25) is 0 Å². The van der Waals surface area contributed by atoms with Crippen LogP contribution in [0.5, 0.6) is 0 Å². The molecule has 0 aliphatic carbocycles. The van der Waals surface area contributed by atoms with Crippen LogP contribution in [0.15, 0.2) is 34.2 Å². The Bertz CT molecular complexity index is 174. The van der Waals surface area contributed by atoms with Gasteiger partial charge in [0.15, 0.2) is 0 Å². The predicted octanol–water partition coefficient (Wildman–Crippen LogP) is 4.11. The molecule has 0 radical (unpaired) electrons. The molecule has 0 amide bonds. The largest absolute Gasteiger partial charge is 0.134 e. The minimum atomic E-state index is 1.03. The van der Waals surface area contributed by atoms with Gasteiger partial charge in [-0.3, -0.25) is 0 Å². The normalized spacial score (nSPS) is 13.4. The maximum Gasteiger partial charge on any atom is 0.0169 e. The molecular formula is C9H13BrS. The summed E-state index contributed by atoms with van der Waals surface area (Å²) in [5, 5.41) is 0. The second-order valence-electron chi connectivity index (χ2n) is 1.95. The lowest BCUT2D eigenvalue weighted by molar-refractivity contribution is 1.20. The van der Waals surface area contributed by atoms with Crippen LogP contribution < -0.4 is 0 Å². The third-order valence-corrected chi connectivity index (χ3v) is 2.77. The molecule has 0 saturated heterocycles. The van der Waals surface area contributed by atoms with E-state index in [0.717, 1.165) is 10.9 Å². The molecule has 0 atom stereocenters. The van der Waals surface area contributed by atoms with Gasteiger partial charge in [-0.25, -0.2) is 0 Å². The SMILES string of the molecule is C=CC(Br)=CC=C(CC)SC. The fourth-order valence-electron chi connectivity index (χ4n) is 0.571. The minimum absolute atomic E-state index is 1.03. The van der Waals surface area contributed by atoms with Gasteiger partial charge in [-0.2, -0.15) is 0 Å². The number of thioether (sulfide) groups is 1. The Morgan fingerprint density at radius 3 is 2.55 bits per heavy atom. The molecular weight excluding hydrogens is 220 g/mol. The van der Waals surface area contributed by atoms with Crippen LogP contribution in [0.3, 0.4) is 0 Å². The van der Waals surface area contributed by atoms with E-state index in [0.29, 0.717) is 0 Å². The summed E-state index contributed by atoms with van der Waals surface area (Å²) in [7, 11) is 0. The summed E-state index contributed by atoms with van der Waals surface area (Å²) in [5.74, 6) is 0. The maximum atomic E-state index is 3.64. The molecule has 0 N–H and O–H groups in total. The summed E-state index contributed by atoms with van der Waals surface area (Å²) >= 11 is 5.14. The molecule has 0 aliphatic rings. The molecule has 0 bridgehead atoms. The van der Waals surface area contributed by atoms with Crippen molar-refractivity contribution in [3.63, 3.8) is 0 Å². The van der Waals surface area contributed by atoms with Gasteiger partial charge in [0.05, 0.1) is 0 Å². The Kier molecular flexibility index (Phi) is 6.77. The van der Waals surface area contributed by atoms with E-state index in [1.165, 1.54) is 4.91 Å². The fourth-order valence-corrected chi connectivity index (χ4v) is 1.20. The van der Waals surface area contributed by atoms with E-state index in [1.807, 2.05) is 6.08 Å². The number of rotatable bonds is 4. The Balaban J connectivity index is 4.17. The summed E-state index contributed by atoms with van der Waals surface area (Å²) < 4.78 is 1.03. The third-order valence-electron chi connectivity index (χ3n) is 1.23. The van der Waals surface area contributed by atoms with E-state index in [4.69, 9.17) is 0 Å². The van der Waals surface area contributed by atoms with E-state index >= 15 is 0 Å². The lowest BCUT2D eigenvalue weighted by Gasteiger charge is -1.95. The van der Waals surface area contributed by atoms with Gasteiger partial charge in [-0.15, -0.1) is 11.8 Å². The van der Waals surface area contributed by atoms with Gasteiger partial charge in [0.2, 0.25) is 0 Å². The van der Waals surface area contributed by atoms with E-state index in [-0.39, 0.29) is 0 Å². The van der Waals surface area contributed by atoms with Gasteiger partial charge in [0.1, 0.15) is 0 Å². The van der Waals surface area contributed by atoms with Crippen molar-refractivity contribution in [2.45, 2.75) is 13.3 Å². The topological polar surface area (TPSA) is 0 Å². The van der Waals surface area contributed by atoms with Gasteiger partial charge < -0.3 is 0 Å². The standard InChI is InChI=1S/C9H13BrS/c1-4-8(10)6-7-9(5-2)11-3/h4,6-7H,1,5H2,2-3H3. The highest BCUT2D eigenvalue weighted by atomic mass is 79.9. The Morgan fingerprint density at radius 1 is 1.55 bits per heavy atom. The molecule has 11 heavy (non-hydrogen) atoms. The monoisotopic (exact) mass is 232 g/mol. The molecule has 0 fully saturated rings. The predicted molar refractivity (Wildman–Crippen MR) is 59.1 cm³/mol. The van der Waals surface area contributed by atoms with Crippen LogP contribution in [-0.4, -0.2) is 6.26 Å². The first-order valence-corrected chi connectivity index (χ1v) is 5.49. The highest BCUT2D eigenvalue weighted by Crippen LogP contribution is 2.16. The average Bonchev–Trinajstić information content (AvgIpc) is 2.06. The van der Waals surface area contributed by atoms with Gasteiger partial charge in [0.25, 0.3) is 0 Å². The second kappa shape index (κ2) is 6.74. The molecule has 0 saturated carbocycles. The molecule has 0 unspecified atom stereocenters. The molecule has 0 spiro atoms. The number of allylic oxidation sites excluding steroid dienone is 5. The van der Waals surface area contributed by atoms with Crippen LogP contribution in [0, 0.1) is 0 Å². The molecule has 0 aliphatic heterocycles. The molecule has 0 nitrogen and oxygen atoms in total. The average molecular weight is 233 g/mol. The van der Waals surface area contributed by atoms with Crippen molar-refractivity contribution in [1.82, 2.24) is 0 Å². The second-order valence-corrected chi connectivity index (χ2v) is 3.79. The molecule has 0 heterocycles. The molecule has 0 rings (SSSR count). The lowest BCUT2D eigenvalue weighted by Crippen LogP contribution is -1.69. The van der Waals surface area contributed by atoms with Gasteiger partial charge in [0, 0.05) is 4.48 Å². The van der Waals surface area contributed by atoms with Crippen LogP contribution in [0.4, 0.5) is 0 Å². The number of hydrogen-bond acceptors (Lipinski definition) is 1. The maximum absolute atomic E-state index is 3.64. The Hall–Kier alpha value is 0.0500. The highest BCUT2D eigenvalue weighted by Gasteiger charge is 1.87. The van der Waals surface area contributed by atoms with Crippen molar-refractivity contribution in [2.24, 2.45) is 0 Å². The molecule has 0 aromatic rings. The smallest absolute Gasteiger partial charge is 0.0169 e. The van der Waals surface area contributed by atoms with Crippen LogP contribution in [0.1, 0.15) is 13.3 Å². The molecule has 0 aromatic carbocycles. The lowest BCUT2D eigenvalue weighted by atomic mass is 10.4. The van der Waals surface area contributed by atoms with Crippen molar-refractivity contribution < 1.29 is 0 Å². The first-order chi connectivity index (χ1) is 5.24. The number of hydrogen-bond donors (Lipinski definition) is 0. The number of halogens is 1. The van der Waals surface area contributed by atoms with Gasteiger partial charge in [-0.05, 0) is 23.7 Å². The van der Waals surface area contributed by atoms with Crippen molar-refractivity contribution in [2.75, 3.05) is 6.26 Å². The van der Waals surface area contributed by atoms with Gasteiger partial charge >= 0.3 is 0 Å². The zero-order valence-corrected chi connectivity index (χ0v) is 9.33. The summed E-state index contributed by atoms with van der Waals surface area (Å²) in [4.78, 5) is 1.38. The molecule has 62 valence electrons. The molecule has 0 aromatic heterocycles. The van der Waals surface area contributed by atoms with Crippen LogP contribution in [0.25, 0.3) is 0 Å². The minimum Gasteiger partial charge on any atom is -0.134 e. The fraction of sp³-hybridized carbons (Fsp3) is 0.333. The first kappa shape index (κ1) is 11.1. The zero-order chi connectivity index (χ0) is 8.69. The van der Waals surface area contributed by atoms with E-state index in [9.17, 15) is 0 Å². The highest BCUT2D eigenvalue weighted by molar-refractivity contribution is 9.11. The van der Waals surface area contributed by atoms with Gasteiger partial charge in [-0.1, -0.05) is 41.6 Å². The summed E-state index contributed by atoms with van der Waals surface area (Å²) in [6, 6.07) is 0. The first-order valence-electron chi connectivity index (χ1n) is 3.47. The Morgan fingerprint density at radius 2 is 2.18 bits per heavy atom. The molecule has 2 heteroatoms. The summed E-state index contributed by atoms with van der Waals surface area (Å²) in [5.41, 5.74) is 0. The third kappa shape index (κ3) is 5.33. The Labute approximate surface area is 81.6 Å². The van der Waals surface area contributed by atoms with Crippen molar-refractivity contribution in [3.8, 4) is 0 Å². The quantitative estimate of drug-likeness (QED) is 0.658. The van der Waals surface area contributed by atoms with E-state index < -0.39 is 0 Å². The summed E-state index contributed by atoms with van der Waals surface area (Å²) in [6.07, 6.45) is 9.09. The zero-order valence-electron chi connectivity index (χ0n) is 6.93.